The van der Waals surface area contributed by atoms with Crippen molar-refractivity contribution in [3.63, 3.8) is 0 Å². The molecule has 0 fully saturated rings. The van der Waals surface area contributed by atoms with Gasteiger partial charge in [0.25, 0.3) is 0 Å². The van der Waals surface area contributed by atoms with Gasteiger partial charge >= 0.3 is 6.18 Å². The van der Waals surface area contributed by atoms with Gasteiger partial charge in [-0.3, -0.25) is 0 Å². The van der Waals surface area contributed by atoms with Crippen molar-refractivity contribution in [1.29, 1.82) is 0 Å². The Labute approximate surface area is 91.5 Å². The van der Waals surface area contributed by atoms with Crippen LogP contribution in [0.1, 0.15) is 18.2 Å². The highest BCUT2D eigenvalue weighted by Gasteiger charge is 2.36. The number of hydrogen-bond acceptors (Lipinski definition) is 0. The molecule has 0 amide bonds. The van der Waals surface area contributed by atoms with Gasteiger partial charge in [0.2, 0.25) is 0 Å². The summed E-state index contributed by atoms with van der Waals surface area (Å²) in [5.41, 5.74) is 0.427. The highest BCUT2D eigenvalue weighted by molar-refractivity contribution is 5.86. The molecule has 1 aromatic carbocycles. The minimum absolute atomic E-state index is 0.286. The Kier molecular flexibility index (Phi) is 2.45. The van der Waals surface area contributed by atoms with E-state index in [1.807, 2.05) is 6.92 Å². The smallest absolute Gasteiger partial charge is 0.345 e. The average molecular weight is 227 g/mol. The Bertz CT molecular complexity index is 523. The van der Waals surface area contributed by atoms with E-state index in [1.54, 1.807) is 22.8 Å². The third kappa shape index (κ3) is 1.49. The van der Waals surface area contributed by atoms with Gasteiger partial charge in [-0.15, -0.1) is 0 Å². The first-order valence-corrected chi connectivity index (χ1v) is 5.11. The molecule has 0 saturated carbocycles. The minimum atomic E-state index is -4.29. The molecule has 0 aliphatic heterocycles. The van der Waals surface area contributed by atoms with Gasteiger partial charge in [0.1, 0.15) is 0 Å². The molecule has 0 aliphatic carbocycles. The lowest BCUT2D eigenvalue weighted by molar-refractivity contribution is -0.136. The lowest BCUT2D eigenvalue weighted by Gasteiger charge is -2.07. The van der Waals surface area contributed by atoms with E-state index in [1.165, 1.54) is 13.0 Å². The van der Waals surface area contributed by atoms with Crippen LogP contribution in [-0.2, 0) is 12.7 Å². The highest BCUT2D eigenvalue weighted by atomic mass is 19.4. The van der Waals surface area contributed by atoms with Gasteiger partial charge in [-0.1, -0.05) is 18.2 Å². The Balaban J connectivity index is 2.88. The average Bonchev–Trinajstić information content (AvgIpc) is 2.48. The number of hydrogen-bond donors (Lipinski definition) is 0. The second-order valence-electron chi connectivity index (χ2n) is 3.72. The van der Waals surface area contributed by atoms with E-state index in [9.17, 15) is 13.2 Å². The molecular weight excluding hydrogens is 215 g/mol. The third-order valence-electron chi connectivity index (χ3n) is 2.83. The molecule has 86 valence electrons. The summed E-state index contributed by atoms with van der Waals surface area (Å²) < 4.78 is 40.4. The maximum absolute atomic E-state index is 12.9. The number of nitrogens with zero attached hydrogens (tertiary/aromatic N) is 1. The number of halogens is 3. The summed E-state index contributed by atoms with van der Waals surface area (Å²) in [6.07, 6.45) is -4.29. The van der Waals surface area contributed by atoms with Crippen LogP contribution in [0.3, 0.4) is 0 Å². The molecule has 0 N–H and O–H groups in total. The number of para-hydroxylation sites is 1. The zero-order valence-electron chi connectivity index (χ0n) is 9.10. The summed E-state index contributed by atoms with van der Waals surface area (Å²) in [5.74, 6) is 0. The predicted octanol–water partition coefficient (Wildman–Crippen LogP) is 3.99. The van der Waals surface area contributed by atoms with Crippen LogP contribution < -0.4 is 0 Å². The summed E-state index contributed by atoms with van der Waals surface area (Å²) in [4.78, 5) is 0. The zero-order chi connectivity index (χ0) is 11.9. The van der Waals surface area contributed by atoms with E-state index in [0.29, 0.717) is 12.1 Å². The van der Waals surface area contributed by atoms with Crippen LogP contribution in [0.15, 0.2) is 24.3 Å². The predicted molar refractivity (Wildman–Crippen MR) is 57.4 cm³/mol. The summed E-state index contributed by atoms with van der Waals surface area (Å²) >= 11 is 0. The molecule has 1 nitrogen and oxygen atoms in total. The largest absolute Gasteiger partial charge is 0.418 e. The molecule has 16 heavy (non-hydrogen) atoms. The second-order valence-corrected chi connectivity index (χ2v) is 3.72. The fourth-order valence-electron chi connectivity index (χ4n) is 2.20. The Hall–Kier alpha value is -1.45. The van der Waals surface area contributed by atoms with Crippen LogP contribution in [0.4, 0.5) is 13.2 Å². The summed E-state index contributed by atoms with van der Waals surface area (Å²) in [7, 11) is 0. The summed E-state index contributed by atoms with van der Waals surface area (Å²) in [6, 6.07) is 6.64. The molecule has 0 spiro atoms. The number of benzene rings is 1. The van der Waals surface area contributed by atoms with Gasteiger partial charge in [0.05, 0.1) is 5.56 Å². The monoisotopic (exact) mass is 227 g/mol. The van der Waals surface area contributed by atoms with Gasteiger partial charge in [-0.05, 0) is 19.9 Å². The topological polar surface area (TPSA) is 4.93 Å². The summed E-state index contributed by atoms with van der Waals surface area (Å²) in [6.45, 7) is 3.91. The fraction of sp³-hybridized carbons (Fsp3) is 0.333. The van der Waals surface area contributed by atoms with E-state index in [4.69, 9.17) is 0 Å². The van der Waals surface area contributed by atoms with Crippen LogP contribution >= 0.6 is 0 Å². The Morgan fingerprint density at radius 2 is 1.81 bits per heavy atom. The maximum atomic E-state index is 12.9. The van der Waals surface area contributed by atoms with Crippen molar-refractivity contribution in [2.24, 2.45) is 0 Å². The quantitative estimate of drug-likeness (QED) is 0.694. The number of alkyl halides is 3. The third-order valence-corrected chi connectivity index (χ3v) is 2.83. The molecule has 2 aromatic rings. The Morgan fingerprint density at radius 1 is 1.19 bits per heavy atom. The molecule has 0 atom stereocenters. The fourth-order valence-corrected chi connectivity index (χ4v) is 2.20. The van der Waals surface area contributed by atoms with Crippen LogP contribution in [0.2, 0.25) is 0 Å². The van der Waals surface area contributed by atoms with Gasteiger partial charge in [0, 0.05) is 23.1 Å². The van der Waals surface area contributed by atoms with Crippen molar-refractivity contribution < 1.29 is 13.2 Å². The maximum Gasteiger partial charge on any atom is 0.418 e. The zero-order valence-corrected chi connectivity index (χ0v) is 9.10. The van der Waals surface area contributed by atoms with Gasteiger partial charge < -0.3 is 4.57 Å². The van der Waals surface area contributed by atoms with E-state index in [-0.39, 0.29) is 11.1 Å². The molecule has 0 aliphatic rings. The number of aryl methyl sites for hydroxylation is 1. The molecule has 0 saturated heterocycles. The van der Waals surface area contributed by atoms with Crippen molar-refractivity contribution >= 4 is 10.9 Å². The number of rotatable bonds is 1. The highest BCUT2D eigenvalue weighted by Crippen LogP contribution is 2.38. The lowest BCUT2D eigenvalue weighted by Crippen LogP contribution is -2.07. The standard InChI is InChI=1S/C12H12F3N/c1-3-16-8(2)11(12(13,14)15)9-6-4-5-7-10(9)16/h4-7H,3H2,1-2H3. The van der Waals surface area contributed by atoms with Crippen molar-refractivity contribution in [3.05, 3.63) is 35.5 Å². The first-order valence-electron chi connectivity index (χ1n) is 5.11. The molecule has 1 aromatic heterocycles. The SMILES string of the molecule is CCn1c(C)c(C(F)(F)F)c2ccccc21. The molecular formula is C12H12F3N. The van der Waals surface area contributed by atoms with E-state index >= 15 is 0 Å². The van der Waals surface area contributed by atoms with Crippen molar-refractivity contribution in [2.45, 2.75) is 26.6 Å². The van der Waals surface area contributed by atoms with Crippen molar-refractivity contribution in [3.8, 4) is 0 Å². The summed E-state index contributed by atoms with van der Waals surface area (Å²) in [5, 5.41) is 0.286. The molecule has 2 rings (SSSR count). The molecule has 0 radical (unpaired) electrons. The lowest BCUT2D eigenvalue weighted by atomic mass is 10.1. The second kappa shape index (κ2) is 3.54. The van der Waals surface area contributed by atoms with E-state index in [2.05, 4.69) is 0 Å². The normalized spacial score (nSPS) is 12.3. The van der Waals surface area contributed by atoms with E-state index < -0.39 is 11.7 Å². The van der Waals surface area contributed by atoms with Crippen LogP contribution in [0.25, 0.3) is 10.9 Å². The minimum Gasteiger partial charge on any atom is -0.345 e. The number of aromatic nitrogens is 1. The Morgan fingerprint density at radius 3 is 2.38 bits per heavy atom. The van der Waals surface area contributed by atoms with Crippen LogP contribution in [-0.4, -0.2) is 4.57 Å². The van der Waals surface area contributed by atoms with Gasteiger partial charge in [-0.2, -0.15) is 13.2 Å². The molecule has 1 heterocycles. The molecule has 0 bridgehead atoms. The number of fused-ring (bicyclic) bond motifs is 1. The first-order chi connectivity index (χ1) is 7.46. The van der Waals surface area contributed by atoms with Crippen molar-refractivity contribution in [1.82, 2.24) is 4.57 Å². The molecule has 4 heteroatoms. The molecule has 0 unspecified atom stereocenters. The van der Waals surface area contributed by atoms with Gasteiger partial charge in [0.15, 0.2) is 0 Å². The first kappa shape index (κ1) is 11.0. The van der Waals surface area contributed by atoms with Crippen LogP contribution in [0.5, 0.6) is 0 Å². The van der Waals surface area contributed by atoms with Crippen molar-refractivity contribution in [2.75, 3.05) is 0 Å². The van der Waals surface area contributed by atoms with Gasteiger partial charge in [-0.25, -0.2) is 0 Å². The van der Waals surface area contributed by atoms with E-state index in [0.717, 1.165) is 0 Å². The van der Waals surface area contributed by atoms with Crippen LogP contribution in [0, 0.1) is 6.92 Å².